The van der Waals surface area contributed by atoms with E-state index < -0.39 is 5.92 Å². The third-order valence-corrected chi connectivity index (χ3v) is 7.68. The highest BCUT2D eigenvalue weighted by Gasteiger charge is 2.26. The summed E-state index contributed by atoms with van der Waals surface area (Å²) in [5, 5.41) is 9.01. The van der Waals surface area contributed by atoms with Crippen molar-refractivity contribution in [3.05, 3.63) is 94.6 Å². The van der Waals surface area contributed by atoms with E-state index in [2.05, 4.69) is 36.7 Å². The van der Waals surface area contributed by atoms with Crippen LogP contribution in [0.5, 0.6) is 5.75 Å². The monoisotopic (exact) mass is 610 g/mol. The fraction of sp³-hybridized carbons (Fsp3) is 0.333. The predicted molar refractivity (Wildman–Crippen MR) is 179 cm³/mol. The normalized spacial score (nSPS) is 14.7. The molecule has 1 atom stereocenters. The van der Waals surface area contributed by atoms with Crippen molar-refractivity contribution in [2.24, 2.45) is 10.9 Å². The maximum atomic E-state index is 13.1. The van der Waals surface area contributed by atoms with Crippen LogP contribution in [-0.4, -0.2) is 50.8 Å². The number of hydrogen-bond acceptors (Lipinski definition) is 7. The SMILES string of the molecule is COCCCNC(=O)c1ccc(NC2=NC(c3cccc(NC(=O)c4ccc(C(C)(C)C)cc4)c3C)=CC(C)C2=O)cc1OC. The molecule has 3 aromatic carbocycles. The van der Waals surface area contributed by atoms with Crippen molar-refractivity contribution >= 4 is 40.5 Å². The molecule has 3 aromatic rings. The van der Waals surface area contributed by atoms with Gasteiger partial charge in [-0.25, -0.2) is 4.99 Å². The standard InChI is InChI=1S/C36H42N4O5/c1-22-20-30(27-10-8-11-29(23(27)2)40-34(42)24-12-14-25(15-13-24)36(3,4)5)39-33(32(22)41)38-26-16-17-28(31(21-26)45-7)35(43)37-18-9-19-44-6/h8,10-17,20-22H,9,18-19H2,1-7H3,(H,37,43)(H,38,39)(H,40,42). The number of benzene rings is 3. The molecule has 0 aliphatic carbocycles. The van der Waals surface area contributed by atoms with E-state index in [0.717, 1.165) is 16.7 Å². The molecule has 9 heteroatoms. The molecule has 1 unspecified atom stereocenters. The fourth-order valence-electron chi connectivity index (χ4n) is 4.95. The van der Waals surface area contributed by atoms with Gasteiger partial charge in [-0.3, -0.25) is 14.4 Å². The highest BCUT2D eigenvalue weighted by Crippen LogP contribution is 2.31. The molecule has 1 heterocycles. The van der Waals surface area contributed by atoms with Crippen molar-refractivity contribution in [1.82, 2.24) is 5.32 Å². The van der Waals surface area contributed by atoms with E-state index in [1.54, 1.807) is 25.3 Å². The number of nitrogens with zero attached hydrogens (tertiary/aromatic N) is 1. The van der Waals surface area contributed by atoms with Crippen molar-refractivity contribution < 1.29 is 23.9 Å². The lowest BCUT2D eigenvalue weighted by Crippen LogP contribution is -2.30. The summed E-state index contributed by atoms with van der Waals surface area (Å²) in [7, 11) is 3.10. The van der Waals surface area contributed by atoms with E-state index in [-0.39, 0.29) is 28.8 Å². The molecule has 0 fully saturated rings. The second-order valence-electron chi connectivity index (χ2n) is 12.1. The van der Waals surface area contributed by atoms with Crippen LogP contribution in [0.2, 0.25) is 0 Å². The summed E-state index contributed by atoms with van der Waals surface area (Å²) in [5.74, 6) is -0.528. The van der Waals surface area contributed by atoms with Crippen LogP contribution in [0.25, 0.3) is 5.70 Å². The van der Waals surface area contributed by atoms with E-state index in [1.807, 2.05) is 62.4 Å². The number of allylic oxidation sites excluding steroid dienone is 1. The summed E-state index contributed by atoms with van der Waals surface area (Å²) in [6.07, 6.45) is 2.52. The van der Waals surface area contributed by atoms with E-state index in [1.165, 1.54) is 7.11 Å². The van der Waals surface area contributed by atoms with Gasteiger partial charge in [-0.2, -0.15) is 0 Å². The first kappa shape index (κ1) is 33.1. The summed E-state index contributed by atoms with van der Waals surface area (Å²) >= 11 is 0. The van der Waals surface area contributed by atoms with Gasteiger partial charge < -0.3 is 25.4 Å². The van der Waals surface area contributed by atoms with Gasteiger partial charge >= 0.3 is 0 Å². The molecule has 0 spiro atoms. The number of anilines is 2. The van der Waals surface area contributed by atoms with Crippen LogP contribution in [-0.2, 0) is 14.9 Å². The Kier molecular flexibility index (Phi) is 10.6. The summed E-state index contributed by atoms with van der Waals surface area (Å²) in [6.45, 7) is 11.2. The van der Waals surface area contributed by atoms with E-state index in [9.17, 15) is 14.4 Å². The van der Waals surface area contributed by atoms with E-state index >= 15 is 0 Å². The zero-order valence-corrected chi connectivity index (χ0v) is 27.0. The van der Waals surface area contributed by atoms with Crippen molar-refractivity contribution in [2.75, 3.05) is 38.0 Å². The zero-order chi connectivity index (χ0) is 32.7. The van der Waals surface area contributed by atoms with E-state index in [4.69, 9.17) is 14.5 Å². The first-order chi connectivity index (χ1) is 21.4. The van der Waals surface area contributed by atoms with Crippen LogP contribution in [0, 0.1) is 12.8 Å². The second-order valence-corrected chi connectivity index (χ2v) is 12.1. The molecule has 0 radical (unpaired) electrons. The third kappa shape index (κ3) is 8.05. The summed E-state index contributed by atoms with van der Waals surface area (Å²) in [5.41, 5.74) is 5.56. The summed E-state index contributed by atoms with van der Waals surface area (Å²) in [6, 6.07) is 18.3. The Hall–Kier alpha value is -4.76. The Morgan fingerprint density at radius 3 is 2.38 bits per heavy atom. The number of amides is 2. The number of Topliss-reactive ketones (excluding diaryl/α,β-unsaturated/α-hetero) is 1. The van der Waals surface area contributed by atoms with Gasteiger partial charge in [0, 0.05) is 54.7 Å². The van der Waals surface area contributed by atoms with Gasteiger partial charge in [0.1, 0.15) is 5.75 Å². The number of methoxy groups -OCH3 is 2. The fourth-order valence-corrected chi connectivity index (χ4v) is 4.95. The third-order valence-electron chi connectivity index (χ3n) is 7.68. The molecule has 9 nitrogen and oxygen atoms in total. The van der Waals surface area contributed by atoms with Gasteiger partial charge in [0.15, 0.2) is 5.84 Å². The van der Waals surface area contributed by atoms with Crippen molar-refractivity contribution in [1.29, 1.82) is 0 Å². The summed E-state index contributed by atoms with van der Waals surface area (Å²) in [4.78, 5) is 43.6. The molecule has 0 saturated carbocycles. The Morgan fingerprint density at radius 1 is 0.978 bits per heavy atom. The number of ketones is 1. The number of hydrogen-bond donors (Lipinski definition) is 3. The molecule has 4 rings (SSSR count). The largest absolute Gasteiger partial charge is 0.496 e. The lowest BCUT2D eigenvalue weighted by molar-refractivity contribution is -0.114. The molecule has 236 valence electrons. The minimum atomic E-state index is -0.432. The highest BCUT2D eigenvalue weighted by atomic mass is 16.5. The predicted octanol–water partition coefficient (Wildman–Crippen LogP) is 6.39. The van der Waals surface area contributed by atoms with Gasteiger partial charge in [0.05, 0.1) is 18.4 Å². The quantitative estimate of drug-likeness (QED) is 0.229. The van der Waals surface area contributed by atoms with Gasteiger partial charge in [0.2, 0.25) is 5.78 Å². The number of nitrogens with one attached hydrogen (secondary N) is 3. The molecule has 1 aliphatic rings. The van der Waals surface area contributed by atoms with Gasteiger partial charge in [-0.1, -0.05) is 52.0 Å². The smallest absolute Gasteiger partial charge is 0.255 e. The van der Waals surface area contributed by atoms with Crippen LogP contribution < -0.4 is 20.7 Å². The molecule has 0 saturated heterocycles. The Labute approximate surface area is 265 Å². The van der Waals surface area contributed by atoms with Crippen LogP contribution in [0.3, 0.4) is 0 Å². The minimum Gasteiger partial charge on any atom is -0.496 e. The van der Waals surface area contributed by atoms with Crippen molar-refractivity contribution in [3.8, 4) is 5.75 Å². The maximum Gasteiger partial charge on any atom is 0.255 e. The van der Waals surface area contributed by atoms with Crippen LogP contribution in [0.4, 0.5) is 11.4 Å². The lowest BCUT2D eigenvalue weighted by atomic mass is 9.86. The van der Waals surface area contributed by atoms with Crippen LogP contribution in [0.15, 0.2) is 71.7 Å². The molecule has 3 N–H and O–H groups in total. The number of carbonyl (C=O) groups excluding carboxylic acids is 3. The highest BCUT2D eigenvalue weighted by molar-refractivity contribution is 6.45. The van der Waals surface area contributed by atoms with Crippen molar-refractivity contribution in [2.45, 2.75) is 46.5 Å². The second kappa shape index (κ2) is 14.3. The molecule has 45 heavy (non-hydrogen) atoms. The lowest BCUT2D eigenvalue weighted by Gasteiger charge is -2.21. The number of ether oxygens (including phenoxy) is 2. The molecular weight excluding hydrogens is 568 g/mol. The minimum absolute atomic E-state index is 0.00348. The average molecular weight is 611 g/mol. The molecule has 0 aromatic heterocycles. The molecule has 2 amide bonds. The molecule has 0 bridgehead atoms. The van der Waals surface area contributed by atoms with Crippen molar-refractivity contribution in [3.63, 3.8) is 0 Å². The number of amidine groups is 1. The zero-order valence-electron chi connectivity index (χ0n) is 27.0. The Bertz CT molecular complexity index is 1630. The molecular formula is C36H42N4O5. The van der Waals surface area contributed by atoms with E-state index in [0.29, 0.717) is 53.5 Å². The summed E-state index contributed by atoms with van der Waals surface area (Å²) < 4.78 is 10.5. The Balaban J connectivity index is 1.54. The maximum absolute atomic E-state index is 13.1. The van der Waals surface area contributed by atoms with Gasteiger partial charge in [0.25, 0.3) is 11.8 Å². The first-order valence-corrected chi connectivity index (χ1v) is 15.0. The number of aliphatic imine (C=N–C) groups is 1. The van der Waals surface area contributed by atoms with Crippen LogP contribution in [0.1, 0.15) is 71.5 Å². The molecule has 1 aliphatic heterocycles. The van der Waals surface area contributed by atoms with Gasteiger partial charge in [-0.15, -0.1) is 0 Å². The Morgan fingerprint density at radius 2 is 1.71 bits per heavy atom. The van der Waals surface area contributed by atoms with Crippen LogP contribution >= 0.6 is 0 Å². The number of carbonyl (C=O) groups is 3. The van der Waals surface area contributed by atoms with Gasteiger partial charge in [-0.05, 0) is 66.3 Å². The topological polar surface area (TPSA) is 118 Å². The number of rotatable bonds is 10. The first-order valence-electron chi connectivity index (χ1n) is 15.0. The average Bonchev–Trinajstić information content (AvgIpc) is 3.02.